The Hall–Kier alpha value is -1.09. The molecule has 13 heavy (non-hydrogen) atoms. The van der Waals surface area contributed by atoms with Crippen molar-refractivity contribution in [3.63, 3.8) is 0 Å². The molecule has 0 fully saturated rings. The lowest BCUT2D eigenvalue weighted by Gasteiger charge is -1.87. The number of aldehydes is 1. The van der Waals surface area contributed by atoms with Crippen molar-refractivity contribution in [1.29, 1.82) is 0 Å². The van der Waals surface area contributed by atoms with Gasteiger partial charge in [-0.3, -0.25) is 4.79 Å². The Morgan fingerprint density at radius 1 is 1.31 bits per heavy atom. The van der Waals surface area contributed by atoms with Gasteiger partial charge in [-0.25, -0.2) is 0 Å². The molecule has 1 aromatic carbocycles. The molecule has 0 amide bonds. The van der Waals surface area contributed by atoms with Crippen molar-refractivity contribution < 1.29 is 9.21 Å². The molecule has 2 aromatic rings. The fourth-order valence-electron chi connectivity index (χ4n) is 1.37. The first-order chi connectivity index (χ1) is 6.36. The smallest absolute Gasteiger partial charge is 0.185 e. The van der Waals surface area contributed by atoms with Crippen LogP contribution in [0.1, 0.15) is 16.3 Å². The van der Waals surface area contributed by atoms with E-state index >= 15 is 0 Å². The normalized spacial score (nSPS) is 10.5. The van der Waals surface area contributed by atoms with Gasteiger partial charge in [-0.1, -0.05) is 40.2 Å². The number of alkyl halides is 1. The van der Waals surface area contributed by atoms with Gasteiger partial charge in [-0.15, -0.1) is 0 Å². The lowest BCUT2D eigenvalue weighted by Crippen LogP contribution is -1.72. The first-order valence-corrected chi connectivity index (χ1v) is 5.00. The second-order valence-electron chi connectivity index (χ2n) is 2.69. The topological polar surface area (TPSA) is 30.2 Å². The maximum Gasteiger partial charge on any atom is 0.185 e. The number of benzene rings is 1. The SMILES string of the molecule is O=Cc1oc(CBr)c2ccccc12. The van der Waals surface area contributed by atoms with Crippen LogP contribution in [0.2, 0.25) is 0 Å². The molecule has 0 aliphatic carbocycles. The molecule has 0 radical (unpaired) electrons. The lowest BCUT2D eigenvalue weighted by atomic mass is 10.1. The minimum atomic E-state index is 0.407. The van der Waals surface area contributed by atoms with Gasteiger partial charge in [-0.2, -0.15) is 0 Å². The van der Waals surface area contributed by atoms with E-state index in [-0.39, 0.29) is 0 Å². The van der Waals surface area contributed by atoms with E-state index in [0.29, 0.717) is 11.1 Å². The van der Waals surface area contributed by atoms with Crippen molar-refractivity contribution in [2.75, 3.05) is 0 Å². The Morgan fingerprint density at radius 3 is 2.62 bits per heavy atom. The van der Waals surface area contributed by atoms with Crippen LogP contribution in [0.4, 0.5) is 0 Å². The van der Waals surface area contributed by atoms with Gasteiger partial charge in [0, 0.05) is 10.8 Å². The van der Waals surface area contributed by atoms with Gasteiger partial charge in [0.1, 0.15) is 5.76 Å². The van der Waals surface area contributed by atoms with E-state index in [1.807, 2.05) is 24.3 Å². The third-order valence-corrected chi connectivity index (χ3v) is 2.46. The number of carbonyl (C=O) groups is 1. The fourth-order valence-corrected chi connectivity index (χ4v) is 1.79. The molecule has 0 bridgehead atoms. The highest BCUT2D eigenvalue weighted by Crippen LogP contribution is 2.26. The summed E-state index contributed by atoms with van der Waals surface area (Å²) in [6.45, 7) is 0. The third-order valence-electron chi connectivity index (χ3n) is 1.95. The summed E-state index contributed by atoms with van der Waals surface area (Å²) in [6.07, 6.45) is 0.745. The second kappa shape index (κ2) is 3.34. The average Bonchev–Trinajstić information content (AvgIpc) is 2.56. The highest BCUT2D eigenvalue weighted by Gasteiger charge is 2.09. The molecule has 0 aliphatic rings. The van der Waals surface area contributed by atoms with Gasteiger partial charge >= 0.3 is 0 Å². The van der Waals surface area contributed by atoms with Crippen molar-refractivity contribution >= 4 is 33.0 Å². The Balaban J connectivity index is 2.81. The summed E-state index contributed by atoms with van der Waals surface area (Å²) in [7, 11) is 0. The molecule has 1 heterocycles. The van der Waals surface area contributed by atoms with Gasteiger partial charge < -0.3 is 4.42 Å². The monoisotopic (exact) mass is 238 g/mol. The van der Waals surface area contributed by atoms with Crippen LogP contribution in [0.15, 0.2) is 28.7 Å². The van der Waals surface area contributed by atoms with Gasteiger partial charge in [0.15, 0.2) is 12.0 Å². The predicted molar refractivity (Wildman–Crippen MR) is 54.2 cm³/mol. The first kappa shape index (κ1) is 8.51. The number of furan rings is 1. The first-order valence-electron chi connectivity index (χ1n) is 3.88. The molecule has 2 rings (SSSR count). The summed E-state index contributed by atoms with van der Waals surface area (Å²) >= 11 is 3.31. The Morgan fingerprint density at radius 2 is 2.00 bits per heavy atom. The van der Waals surface area contributed by atoms with Crippen LogP contribution >= 0.6 is 15.9 Å². The molecular formula is C10H7BrO2. The van der Waals surface area contributed by atoms with E-state index in [1.165, 1.54) is 0 Å². The molecule has 2 nitrogen and oxygen atoms in total. The number of rotatable bonds is 2. The Kier molecular flexibility index (Phi) is 2.19. The van der Waals surface area contributed by atoms with Gasteiger partial charge in [0.25, 0.3) is 0 Å². The van der Waals surface area contributed by atoms with Crippen LogP contribution in [0.25, 0.3) is 10.8 Å². The van der Waals surface area contributed by atoms with Gasteiger partial charge in [0.05, 0.1) is 5.33 Å². The van der Waals surface area contributed by atoms with Crippen LogP contribution in [-0.2, 0) is 5.33 Å². The highest BCUT2D eigenvalue weighted by molar-refractivity contribution is 9.08. The quantitative estimate of drug-likeness (QED) is 0.595. The molecule has 0 atom stereocenters. The van der Waals surface area contributed by atoms with Crippen LogP contribution in [-0.4, -0.2) is 6.29 Å². The molecule has 0 unspecified atom stereocenters. The maximum atomic E-state index is 10.6. The largest absolute Gasteiger partial charge is 0.456 e. The molecule has 0 N–H and O–H groups in total. The Bertz CT molecular complexity index is 445. The third kappa shape index (κ3) is 1.29. The summed E-state index contributed by atoms with van der Waals surface area (Å²) in [5, 5.41) is 2.51. The zero-order valence-electron chi connectivity index (χ0n) is 6.79. The molecular weight excluding hydrogens is 232 g/mol. The molecule has 3 heteroatoms. The van der Waals surface area contributed by atoms with Crippen molar-refractivity contribution in [1.82, 2.24) is 0 Å². The van der Waals surface area contributed by atoms with Crippen molar-refractivity contribution in [2.45, 2.75) is 5.33 Å². The van der Waals surface area contributed by atoms with Crippen LogP contribution < -0.4 is 0 Å². The fraction of sp³-hybridized carbons (Fsp3) is 0.100. The van der Waals surface area contributed by atoms with E-state index in [1.54, 1.807) is 0 Å². The standard InChI is InChI=1S/C10H7BrO2/c11-5-9-7-3-1-2-4-8(7)10(6-12)13-9/h1-4,6H,5H2. The summed E-state index contributed by atoms with van der Waals surface area (Å²) in [5.74, 6) is 1.21. The molecule has 0 saturated carbocycles. The van der Waals surface area contributed by atoms with E-state index in [9.17, 15) is 4.79 Å². The summed E-state index contributed by atoms with van der Waals surface area (Å²) < 4.78 is 5.35. The molecule has 0 aliphatic heterocycles. The predicted octanol–water partition coefficient (Wildman–Crippen LogP) is 3.14. The van der Waals surface area contributed by atoms with Crippen molar-refractivity contribution in [2.24, 2.45) is 0 Å². The van der Waals surface area contributed by atoms with E-state index in [2.05, 4.69) is 15.9 Å². The minimum Gasteiger partial charge on any atom is -0.456 e. The van der Waals surface area contributed by atoms with E-state index in [0.717, 1.165) is 22.8 Å². The number of hydrogen-bond acceptors (Lipinski definition) is 2. The number of fused-ring (bicyclic) bond motifs is 1. The van der Waals surface area contributed by atoms with Crippen LogP contribution in [0.3, 0.4) is 0 Å². The second-order valence-corrected chi connectivity index (χ2v) is 3.25. The van der Waals surface area contributed by atoms with Crippen LogP contribution in [0.5, 0.6) is 0 Å². The molecule has 66 valence electrons. The zero-order chi connectivity index (χ0) is 9.26. The van der Waals surface area contributed by atoms with Crippen molar-refractivity contribution in [3.05, 3.63) is 35.8 Å². The van der Waals surface area contributed by atoms with E-state index in [4.69, 9.17) is 4.42 Å². The van der Waals surface area contributed by atoms with Crippen LogP contribution in [0, 0.1) is 0 Å². The van der Waals surface area contributed by atoms with Gasteiger partial charge in [0.2, 0.25) is 0 Å². The number of carbonyl (C=O) groups excluding carboxylic acids is 1. The summed E-state index contributed by atoms with van der Waals surface area (Å²) in [5.41, 5.74) is 0. The molecule has 0 spiro atoms. The average molecular weight is 239 g/mol. The lowest BCUT2D eigenvalue weighted by molar-refractivity contribution is 0.110. The summed E-state index contributed by atoms with van der Waals surface area (Å²) in [6, 6.07) is 7.65. The van der Waals surface area contributed by atoms with Gasteiger partial charge in [-0.05, 0) is 0 Å². The highest BCUT2D eigenvalue weighted by atomic mass is 79.9. The zero-order valence-corrected chi connectivity index (χ0v) is 8.37. The summed E-state index contributed by atoms with van der Waals surface area (Å²) in [4.78, 5) is 10.6. The number of halogens is 1. The van der Waals surface area contributed by atoms with Crippen molar-refractivity contribution in [3.8, 4) is 0 Å². The van der Waals surface area contributed by atoms with E-state index < -0.39 is 0 Å². The molecule has 1 aromatic heterocycles. The maximum absolute atomic E-state index is 10.6. The molecule has 0 saturated heterocycles. The Labute approximate surface area is 83.7 Å². The number of hydrogen-bond donors (Lipinski definition) is 0. The minimum absolute atomic E-state index is 0.407.